The highest BCUT2D eigenvalue weighted by Gasteiger charge is 2.16. The van der Waals surface area contributed by atoms with Crippen LogP contribution in [-0.4, -0.2) is 65.9 Å². The van der Waals surface area contributed by atoms with Crippen molar-refractivity contribution >= 4 is 17.7 Å². The zero-order chi connectivity index (χ0) is 14.2. The lowest BCUT2D eigenvalue weighted by Crippen LogP contribution is -2.47. The molecule has 0 saturated carbocycles. The van der Waals surface area contributed by atoms with Crippen molar-refractivity contribution in [2.45, 2.75) is 11.3 Å². The number of hydrogen-bond acceptors (Lipinski definition) is 4. The zero-order valence-electron chi connectivity index (χ0n) is 11.7. The second-order valence-corrected chi connectivity index (χ2v) is 6.16. The minimum atomic E-state index is -0.702. The lowest BCUT2D eigenvalue weighted by atomic mass is 10.3. The normalized spacial score (nSPS) is 17.2. The highest BCUT2D eigenvalue weighted by molar-refractivity contribution is 7.99. The molecule has 0 unspecified atom stereocenters. The number of carboxylic acids is 1. The molecule has 4 nitrogen and oxygen atoms in total. The van der Waals surface area contributed by atoms with Crippen molar-refractivity contribution in [3.8, 4) is 0 Å². The molecule has 1 saturated heterocycles. The average molecular weight is 294 g/mol. The average Bonchev–Trinajstić information content (AvgIpc) is 2.47. The lowest BCUT2D eigenvalue weighted by molar-refractivity contribution is -0.137. The number of carboxylic acid groups (broad SMARTS) is 1. The van der Waals surface area contributed by atoms with Gasteiger partial charge in [0, 0.05) is 49.9 Å². The minimum absolute atomic E-state index is 0.254. The molecule has 1 aromatic carbocycles. The quantitative estimate of drug-likeness (QED) is 0.778. The summed E-state index contributed by atoms with van der Waals surface area (Å²) in [5.41, 5.74) is 0. The van der Waals surface area contributed by atoms with E-state index < -0.39 is 5.97 Å². The summed E-state index contributed by atoms with van der Waals surface area (Å²) >= 11 is 1.90. The van der Waals surface area contributed by atoms with Gasteiger partial charge in [0.05, 0.1) is 6.42 Å². The Kier molecular flexibility index (Phi) is 6.36. The largest absolute Gasteiger partial charge is 0.481 e. The molecule has 1 aromatic rings. The van der Waals surface area contributed by atoms with E-state index in [-0.39, 0.29) is 6.42 Å². The molecule has 0 spiro atoms. The fourth-order valence-electron chi connectivity index (χ4n) is 2.30. The highest BCUT2D eigenvalue weighted by atomic mass is 32.2. The molecule has 0 aromatic heterocycles. The van der Waals surface area contributed by atoms with E-state index in [2.05, 4.69) is 34.1 Å². The fourth-order valence-corrected chi connectivity index (χ4v) is 3.23. The van der Waals surface area contributed by atoms with Crippen LogP contribution in [-0.2, 0) is 4.79 Å². The van der Waals surface area contributed by atoms with Gasteiger partial charge in [-0.05, 0) is 12.1 Å². The van der Waals surface area contributed by atoms with Gasteiger partial charge in [-0.15, -0.1) is 11.8 Å². The molecule has 0 aliphatic carbocycles. The van der Waals surface area contributed by atoms with Crippen LogP contribution in [0.4, 0.5) is 0 Å². The summed E-state index contributed by atoms with van der Waals surface area (Å²) in [7, 11) is 0. The van der Waals surface area contributed by atoms with E-state index in [0.29, 0.717) is 6.54 Å². The Bertz CT molecular complexity index is 406. The van der Waals surface area contributed by atoms with Crippen molar-refractivity contribution in [3.05, 3.63) is 30.3 Å². The Labute approximate surface area is 124 Å². The molecule has 0 bridgehead atoms. The predicted octanol–water partition coefficient (Wildman–Crippen LogP) is 1.87. The van der Waals surface area contributed by atoms with E-state index in [9.17, 15) is 4.79 Å². The molecule has 1 N–H and O–H groups in total. The molecule has 0 amide bonds. The first-order valence-corrected chi connectivity index (χ1v) is 8.07. The zero-order valence-corrected chi connectivity index (χ0v) is 12.5. The standard InChI is InChI=1S/C15H22N2O2S/c18-15(19)6-7-16-8-10-17(11-9-16)12-13-20-14-4-2-1-3-5-14/h1-5H,6-13H2,(H,18,19). The van der Waals surface area contributed by atoms with Crippen LogP contribution in [0.1, 0.15) is 6.42 Å². The van der Waals surface area contributed by atoms with Crippen LogP contribution in [0.15, 0.2) is 35.2 Å². The summed E-state index contributed by atoms with van der Waals surface area (Å²) in [5.74, 6) is 0.408. The monoisotopic (exact) mass is 294 g/mol. The van der Waals surface area contributed by atoms with Crippen molar-refractivity contribution in [1.29, 1.82) is 0 Å². The van der Waals surface area contributed by atoms with Gasteiger partial charge in [0.2, 0.25) is 0 Å². The van der Waals surface area contributed by atoms with E-state index in [0.717, 1.165) is 38.5 Å². The van der Waals surface area contributed by atoms with E-state index in [4.69, 9.17) is 5.11 Å². The first-order chi connectivity index (χ1) is 9.74. The van der Waals surface area contributed by atoms with Crippen LogP contribution >= 0.6 is 11.8 Å². The Morgan fingerprint density at radius 3 is 2.25 bits per heavy atom. The number of hydrogen-bond donors (Lipinski definition) is 1. The molecular formula is C15H22N2O2S. The molecule has 110 valence electrons. The third-order valence-corrected chi connectivity index (χ3v) is 4.52. The topological polar surface area (TPSA) is 43.8 Å². The molecule has 20 heavy (non-hydrogen) atoms. The summed E-state index contributed by atoms with van der Waals surface area (Å²) < 4.78 is 0. The number of piperazine rings is 1. The maximum absolute atomic E-state index is 10.5. The summed E-state index contributed by atoms with van der Waals surface area (Å²) in [5, 5.41) is 8.68. The Balaban J connectivity index is 1.59. The third-order valence-electron chi connectivity index (χ3n) is 3.53. The van der Waals surface area contributed by atoms with Gasteiger partial charge in [0.25, 0.3) is 0 Å². The summed E-state index contributed by atoms with van der Waals surface area (Å²) in [6.45, 7) is 5.87. The first-order valence-electron chi connectivity index (χ1n) is 7.08. The summed E-state index contributed by atoms with van der Waals surface area (Å²) in [6, 6.07) is 10.5. The molecule has 5 heteroatoms. The smallest absolute Gasteiger partial charge is 0.304 e. The molecular weight excluding hydrogens is 272 g/mol. The molecule has 2 rings (SSSR count). The van der Waals surface area contributed by atoms with E-state index in [1.54, 1.807) is 0 Å². The lowest BCUT2D eigenvalue weighted by Gasteiger charge is -2.34. The molecule has 0 atom stereocenters. The SMILES string of the molecule is O=C(O)CCN1CCN(CCSc2ccccc2)CC1. The van der Waals surface area contributed by atoms with Gasteiger partial charge < -0.3 is 10.0 Å². The number of benzene rings is 1. The molecule has 0 radical (unpaired) electrons. The van der Waals surface area contributed by atoms with E-state index >= 15 is 0 Å². The van der Waals surface area contributed by atoms with Gasteiger partial charge in [0.1, 0.15) is 0 Å². The van der Waals surface area contributed by atoms with Crippen LogP contribution < -0.4 is 0 Å². The van der Waals surface area contributed by atoms with E-state index in [1.807, 2.05) is 17.8 Å². The Morgan fingerprint density at radius 2 is 1.65 bits per heavy atom. The summed E-state index contributed by atoms with van der Waals surface area (Å²) in [4.78, 5) is 16.6. The Hall–Kier alpha value is -1.04. The van der Waals surface area contributed by atoms with Crippen LogP contribution in [0, 0.1) is 0 Å². The van der Waals surface area contributed by atoms with Gasteiger partial charge in [-0.2, -0.15) is 0 Å². The number of rotatable bonds is 7. The van der Waals surface area contributed by atoms with Crippen molar-refractivity contribution in [1.82, 2.24) is 9.80 Å². The predicted molar refractivity (Wildman–Crippen MR) is 82.3 cm³/mol. The maximum Gasteiger partial charge on any atom is 0.304 e. The first kappa shape index (κ1) is 15.4. The van der Waals surface area contributed by atoms with Crippen molar-refractivity contribution in [2.24, 2.45) is 0 Å². The molecule has 1 heterocycles. The minimum Gasteiger partial charge on any atom is -0.481 e. The second-order valence-electron chi connectivity index (χ2n) is 4.99. The number of carbonyl (C=O) groups is 1. The van der Waals surface area contributed by atoms with Crippen LogP contribution in [0.2, 0.25) is 0 Å². The fraction of sp³-hybridized carbons (Fsp3) is 0.533. The van der Waals surface area contributed by atoms with Crippen LogP contribution in [0.5, 0.6) is 0 Å². The van der Waals surface area contributed by atoms with Gasteiger partial charge in [-0.3, -0.25) is 9.69 Å². The third kappa shape index (κ3) is 5.53. The van der Waals surface area contributed by atoms with Gasteiger partial charge in [0.15, 0.2) is 0 Å². The second kappa shape index (κ2) is 8.29. The highest BCUT2D eigenvalue weighted by Crippen LogP contribution is 2.17. The molecule has 1 fully saturated rings. The van der Waals surface area contributed by atoms with Gasteiger partial charge in [-0.1, -0.05) is 18.2 Å². The maximum atomic E-state index is 10.5. The number of nitrogens with zero attached hydrogens (tertiary/aromatic N) is 2. The molecule has 1 aliphatic heterocycles. The van der Waals surface area contributed by atoms with Gasteiger partial charge >= 0.3 is 5.97 Å². The van der Waals surface area contributed by atoms with E-state index in [1.165, 1.54) is 4.90 Å². The number of aliphatic carboxylic acids is 1. The summed E-state index contributed by atoms with van der Waals surface area (Å²) in [6.07, 6.45) is 0.254. The van der Waals surface area contributed by atoms with Gasteiger partial charge in [-0.25, -0.2) is 0 Å². The molecule has 1 aliphatic rings. The number of thioether (sulfide) groups is 1. The van der Waals surface area contributed by atoms with Crippen LogP contribution in [0.25, 0.3) is 0 Å². The van der Waals surface area contributed by atoms with Crippen molar-refractivity contribution < 1.29 is 9.90 Å². The van der Waals surface area contributed by atoms with Crippen molar-refractivity contribution in [3.63, 3.8) is 0 Å². The van der Waals surface area contributed by atoms with Crippen LogP contribution in [0.3, 0.4) is 0 Å². The Morgan fingerprint density at radius 1 is 1.05 bits per heavy atom. The van der Waals surface area contributed by atoms with Crippen molar-refractivity contribution in [2.75, 3.05) is 45.0 Å².